The number of nitrogens with two attached hydrogens (primary N) is 1. The first-order valence-corrected chi connectivity index (χ1v) is 3.85. The molecule has 4 nitrogen and oxygen atoms in total. The fraction of sp³-hybridized carbons (Fsp3) is 0.375. The van der Waals surface area contributed by atoms with E-state index in [1.54, 1.807) is 6.20 Å². The molecule has 1 aromatic heterocycles. The lowest BCUT2D eigenvalue weighted by atomic mass is 10.3. The summed E-state index contributed by atoms with van der Waals surface area (Å²) in [6.45, 7) is 1.62. The second-order valence-electron chi connectivity index (χ2n) is 2.52. The molecule has 6 heteroatoms. The second-order valence-corrected chi connectivity index (χ2v) is 2.52. The molecule has 0 saturated heterocycles. The Kier molecular flexibility index (Phi) is 5.60. The van der Waals surface area contributed by atoms with Crippen molar-refractivity contribution in [3.8, 4) is 11.5 Å². The van der Waals surface area contributed by atoms with Gasteiger partial charge in [0, 0.05) is 12.6 Å². The van der Waals surface area contributed by atoms with Gasteiger partial charge in [-0.1, -0.05) is 0 Å². The maximum atomic E-state index is 5.42. The molecule has 80 valence electrons. The van der Waals surface area contributed by atoms with Crippen LogP contribution in [0.4, 0.5) is 0 Å². The van der Waals surface area contributed by atoms with Gasteiger partial charge in [0.15, 0.2) is 11.5 Å². The van der Waals surface area contributed by atoms with Crippen LogP contribution in [0.5, 0.6) is 11.5 Å². The first kappa shape index (κ1) is 13.3. The first-order valence-electron chi connectivity index (χ1n) is 3.85. The third-order valence-corrected chi connectivity index (χ3v) is 1.70. The maximum absolute atomic E-state index is 5.42. The second kappa shape index (κ2) is 5.90. The SMILES string of the molecule is Cl.Cl.NCc1cc2c(cn1)OCCO2. The van der Waals surface area contributed by atoms with Crippen LogP contribution in [-0.4, -0.2) is 18.2 Å². The van der Waals surface area contributed by atoms with Gasteiger partial charge < -0.3 is 15.2 Å². The molecule has 0 bridgehead atoms. The molecule has 0 saturated carbocycles. The molecule has 0 radical (unpaired) electrons. The summed E-state index contributed by atoms with van der Waals surface area (Å²) in [6, 6.07) is 1.81. The van der Waals surface area contributed by atoms with Crippen molar-refractivity contribution in [1.29, 1.82) is 0 Å². The number of pyridine rings is 1. The topological polar surface area (TPSA) is 57.4 Å². The number of aromatic nitrogens is 1. The summed E-state index contributed by atoms with van der Waals surface area (Å²) in [4.78, 5) is 4.08. The minimum Gasteiger partial charge on any atom is -0.486 e. The van der Waals surface area contributed by atoms with Crippen molar-refractivity contribution in [3.05, 3.63) is 18.0 Å². The lowest BCUT2D eigenvalue weighted by molar-refractivity contribution is 0.170. The Morgan fingerprint density at radius 1 is 1.21 bits per heavy atom. The van der Waals surface area contributed by atoms with Gasteiger partial charge in [0.05, 0.1) is 11.9 Å². The summed E-state index contributed by atoms with van der Waals surface area (Å²) in [6.07, 6.45) is 1.65. The quantitative estimate of drug-likeness (QED) is 0.798. The molecule has 1 aliphatic heterocycles. The molecule has 0 atom stereocenters. The molecule has 2 heterocycles. The summed E-state index contributed by atoms with van der Waals surface area (Å²) in [5, 5.41) is 0. The van der Waals surface area contributed by atoms with Crippen molar-refractivity contribution in [3.63, 3.8) is 0 Å². The summed E-state index contributed by atoms with van der Waals surface area (Å²) >= 11 is 0. The lowest BCUT2D eigenvalue weighted by Gasteiger charge is -2.17. The normalized spacial score (nSPS) is 12.4. The van der Waals surface area contributed by atoms with Crippen molar-refractivity contribution >= 4 is 24.8 Å². The van der Waals surface area contributed by atoms with E-state index in [2.05, 4.69) is 4.98 Å². The van der Waals surface area contributed by atoms with Crippen LogP contribution in [0.25, 0.3) is 0 Å². The van der Waals surface area contributed by atoms with Gasteiger partial charge >= 0.3 is 0 Å². The van der Waals surface area contributed by atoms with Crippen LogP contribution in [0, 0.1) is 0 Å². The molecule has 14 heavy (non-hydrogen) atoms. The zero-order valence-electron chi connectivity index (χ0n) is 7.43. The zero-order chi connectivity index (χ0) is 8.39. The predicted molar refractivity (Wildman–Crippen MR) is 57.6 cm³/mol. The third-order valence-electron chi connectivity index (χ3n) is 1.70. The van der Waals surface area contributed by atoms with Gasteiger partial charge in [-0.2, -0.15) is 0 Å². The van der Waals surface area contributed by atoms with Gasteiger partial charge in [-0.25, -0.2) is 0 Å². The minimum atomic E-state index is 0. The van der Waals surface area contributed by atoms with E-state index in [1.807, 2.05) is 6.07 Å². The molecular formula is C8H12Cl2N2O2. The highest BCUT2D eigenvalue weighted by atomic mass is 35.5. The number of rotatable bonds is 1. The van der Waals surface area contributed by atoms with E-state index in [4.69, 9.17) is 15.2 Å². The Morgan fingerprint density at radius 3 is 2.50 bits per heavy atom. The van der Waals surface area contributed by atoms with Gasteiger partial charge in [-0.3, -0.25) is 4.98 Å². The van der Waals surface area contributed by atoms with Crippen molar-refractivity contribution in [2.24, 2.45) is 5.73 Å². The minimum absolute atomic E-state index is 0. The summed E-state index contributed by atoms with van der Waals surface area (Å²) in [7, 11) is 0. The Bertz CT molecular complexity index is 297. The number of fused-ring (bicyclic) bond motifs is 1. The van der Waals surface area contributed by atoms with Crippen molar-refractivity contribution < 1.29 is 9.47 Å². The van der Waals surface area contributed by atoms with Crippen LogP contribution in [0.1, 0.15) is 5.69 Å². The predicted octanol–water partition coefficient (Wildman–Crippen LogP) is 1.16. The molecule has 2 N–H and O–H groups in total. The number of hydrogen-bond acceptors (Lipinski definition) is 4. The van der Waals surface area contributed by atoms with Crippen LogP contribution in [0.2, 0.25) is 0 Å². The van der Waals surface area contributed by atoms with Crippen LogP contribution in [-0.2, 0) is 6.54 Å². The molecule has 0 fully saturated rings. The molecule has 0 unspecified atom stereocenters. The van der Waals surface area contributed by atoms with E-state index in [-0.39, 0.29) is 24.8 Å². The Labute approximate surface area is 94.6 Å². The van der Waals surface area contributed by atoms with Crippen LogP contribution < -0.4 is 15.2 Å². The van der Waals surface area contributed by atoms with Crippen molar-refractivity contribution in [1.82, 2.24) is 4.98 Å². The van der Waals surface area contributed by atoms with Gasteiger partial charge in [0.25, 0.3) is 0 Å². The van der Waals surface area contributed by atoms with Gasteiger partial charge in [-0.15, -0.1) is 24.8 Å². The van der Waals surface area contributed by atoms with E-state index < -0.39 is 0 Å². The van der Waals surface area contributed by atoms with Gasteiger partial charge in [-0.05, 0) is 0 Å². The highest BCUT2D eigenvalue weighted by molar-refractivity contribution is 5.85. The standard InChI is InChI=1S/C8H10N2O2.2ClH/c9-4-6-3-7-8(5-10-6)12-2-1-11-7;;/h3,5H,1-2,4,9H2;2*1H. The van der Waals surface area contributed by atoms with Crippen LogP contribution in [0.3, 0.4) is 0 Å². The number of halogens is 2. The molecule has 2 rings (SSSR count). The van der Waals surface area contributed by atoms with E-state index >= 15 is 0 Å². The third kappa shape index (κ3) is 2.64. The average molecular weight is 239 g/mol. The Balaban J connectivity index is 0.000000845. The van der Waals surface area contributed by atoms with E-state index in [9.17, 15) is 0 Å². The van der Waals surface area contributed by atoms with Crippen molar-refractivity contribution in [2.75, 3.05) is 13.2 Å². The molecule has 1 aliphatic rings. The average Bonchev–Trinajstić information content (AvgIpc) is 2.17. The first-order chi connectivity index (χ1) is 5.90. The van der Waals surface area contributed by atoms with Crippen molar-refractivity contribution in [2.45, 2.75) is 6.54 Å². The maximum Gasteiger partial charge on any atom is 0.179 e. The van der Waals surface area contributed by atoms with E-state index in [0.717, 1.165) is 11.4 Å². The Morgan fingerprint density at radius 2 is 1.86 bits per heavy atom. The molecule has 0 amide bonds. The monoisotopic (exact) mass is 238 g/mol. The van der Waals surface area contributed by atoms with Crippen LogP contribution >= 0.6 is 24.8 Å². The Hall–Kier alpha value is -0.710. The highest BCUT2D eigenvalue weighted by Gasteiger charge is 2.11. The fourth-order valence-corrected chi connectivity index (χ4v) is 1.10. The fourth-order valence-electron chi connectivity index (χ4n) is 1.10. The van der Waals surface area contributed by atoms with E-state index in [1.165, 1.54) is 0 Å². The molecule has 0 aromatic carbocycles. The van der Waals surface area contributed by atoms with Crippen LogP contribution in [0.15, 0.2) is 12.3 Å². The molecule has 0 spiro atoms. The molecular weight excluding hydrogens is 227 g/mol. The number of ether oxygens (including phenoxy) is 2. The van der Waals surface area contributed by atoms with E-state index in [0.29, 0.717) is 25.5 Å². The summed E-state index contributed by atoms with van der Waals surface area (Å²) < 4.78 is 10.6. The number of hydrogen-bond donors (Lipinski definition) is 1. The smallest absolute Gasteiger partial charge is 0.179 e. The summed E-state index contributed by atoms with van der Waals surface area (Å²) in [5.41, 5.74) is 6.24. The largest absolute Gasteiger partial charge is 0.486 e. The highest BCUT2D eigenvalue weighted by Crippen LogP contribution is 2.28. The molecule has 0 aliphatic carbocycles. The molecule has 1 aromatic rings. The van der Waals surface area contributed by atoms with Gasteiger partial charge in [0.1, 0.15) is 13.2 Å². The van der Waals surface area contributed by atoms with Gasteiger partial charge in [0.2, 0.25) is 0 Å². The summed E-state index contributed by atoms with van der Waals surface area (Å²) in [5.74, 6) is 1.45. The number of nitrogens with zero attached hydrogens (tertiary/aromatic N) is 1. The zero-order valence-corrected chi connectivity index (χ0v) is 9.07. The lowest BCUT2D eigenvalue weighted by Crippen LogP contribution is -2.16.